The minimum Gasteiger partial charge on any atom is -0.492 e. The molecule has 0 unspecified atom stereocenters. The van der Waals surface area contributed by atoms with Gasteiger partial charge in [-0.3, -0.25) is 4.79 Å². The van der Waals surface area contributed by atoms with Crippen molar-refractivity contribution in [3.8, 4) is 5.75 Å². The summed E-state index contributed by atoms with van der Waals surface area (Å²) >= 11 is 0. The second-order valence-electron chi connectivity index (χ2n) is 6.02. The lowest BCUT2D eigenvalue weighted by Crippen LogP contribution is -2.34. The van der Waals surface area contributed by atoms with E-state index in [0.717, 1.165) is 23.3 Å². The predicted molar refractivity (Wildman–Crippen MR) is 78.8 cm³/mol. The molecule has 0 atom stereocenters. The quantitative estimate of drug-likeness (QED) is 0.866. The zero-order chi connectivity index (χ0) is 15.5. The van der Waals surface area contributed by atoms with Gasteiger partial charge in [0.15, 0.2) is 5.78 Å². The van der Waals surface area contributed by atoms with Gasteiger partial charge in [0.2, 0.25) is 0 Å². The summed E-state index contributed by atoms with van der Waals surface area (Å²) in [7, 11) is 0. The molecule has 2 rings (SSSR count). The molecule has 21 heavy (non-hydrogen) atoms. The fourth-order valence-electron chi connectivity index (χ4n) is 2.16. The van der Waals surface area contributed by atoms with E-state index < -0.39 is 11.7 Å². The van der Waals surface area contributed by atoms with Crippen LogP contribution in [0.1, 0.15) is 43.1 Å². The van der Waals surface area contributed by atoms with Gasteiger partial charge >= 0.3 is 6.09 Å². The van der Waals surface area contributed by atoms with E-state index in [9.17, 15) is 9.59 Å². The third-order valence-electron chi connectivity index (χ3n) is 3.04. The minimum absolute atomic E-state index is 0.197. The van der Waals surface area contributed by atoms with E-state index in [1.165, 1.54) is 0 Å². The molecule has 0 fully saturated rings. The highest BCUT2D eigenvalue weighted by molar-refractivity contribution is 6.00. The molecule has 1 aromatic rings. The van der Waals surface area contributed by atoms with Crippen molar-refractivity contribution >= 4 is 11.9 Å². The first-order valence-electron chi connectivity index (χ1n) is 7.11. The molecule has 0 heterocycles. The standard InChI is InChI=1S/C16H21NO4/c1-16(2,3)21-15(19)17-8-9-20-12-5-6-13-11(10-12)4-7-14(13)18/h5-6,10H,4,7-9H2,1-3H3,(H,17,19). The molecular weight excluding hydrogens is 270 g/mol. The van der Waals surface area contributed by atoms with E-state index in [2.05, 4.69) is 5.32 Å². The molecular formula is C16H21NO4. The van der Waals surface area contributed by atoms with Gasteiger partial charge in [-0.2, -0.15) is 0 Å². The molecule has 1 aliphatic rings. The SMILES string of the molecule is CC(C)(C)OC(=O)NCCOc1ccc2c(c1)CCC2=O. The maximum Gasteiger partial charge on any atom is 0.407 e. The second kappa shape index (κ2) is 6.16. The molecule has 1 aliphatic carbocycles. The van der Waals surface area contributed by atoms with Gasteiger partial charge in [-0.1, -0.05) is 0 Å². The molecule has 114 valence electrons. The monoisotopic (exact) mass is 291 g/mol. The Kier molecular flexibility index (Phi) is 4.50. The number of amides is 1. The molecule has 5 heteroatoms. The molecule has 0 aliphatic heterocycles. The zero-order valence-corrected chi connectivity index (χ0v) is 12.7. The number of Topliss-reactive ketones (excluding diaryl/α,β-unsaturated/α-hetero) is 1. The lowest BCUT2D eigenvalue weighted by atomic mass is 10.1. The van der Waals surface area contributed by atoms with Crippen molar-refractivity contribution in [2.45, 2.75) is 39.2 Å². The average Bonchev–Trinajstić information content (AvgIpc) is 2.74. The summed E-state index contributed by atoms with van der Waals surface area (Å²) < 4.78 is 10.7. The number of ketones is 1. The third kappa shape index (κ3) is 4.48. The molecule has 0 saturated heterocycles. The predicted octanol–water partition coefficient (Wildman–Crippen LogP) is 2.72. The number of ether oxygens (including phenoxy) is 2. The number of fused-ring (bicyclic) bond motifs is 1. The van der Waals surface area contributed by atoms with Gasteiger partial charge in [-0.15, -0.1) is 0 Å². The van der Waals surface area contributed by atoms with Crippen LogP contribution in [0.15, 0.2) is 18.2 Å². The van der Waals surface area contributed by atoms with Gasteiger partial charge in [-0.05, 0) is 51.0 Å². The van der Waals surface area contributed by atoms with Crippen molar-refractivity contribution in [2.75, 3.05) is 13.2 Å². The maximum atomic E-state index is 11.5. The average molecular weight is 291 g/mol. The van der Waals surface area contributed by atoms with E-state index >= 15 is 0 Å². The highest BCUT2D eigenvalue weighted by atomic mass is 16.6. The first-order valence-corrected chi connectivity index (χ1v) is 7.11. The van der Waals surface area contributed by atoms with Gasteiger partial charge in [0, 0.05) is 12.0 Å². The lowest BCUT2D eigenvalue weighted by Gasteiger charge is -2.19. The fraction of sp³-hybridized carbons (Fsp3) is 0.500. The van der Waals surface area contributed by atoms with Crippen molar-refractivity contribution in [2.24, 2.45) is 0 Å². The molecule has 5 nitrogen and oxygen atoms in total. The number of hydrogen-bond donors (Lipinski definition) is 1. The lowest BCUT2D eigenvalue weighted by molar-refractivity contribution is 0.0520. The second-order valence-corrected chi connectivity index (χ2v) is 6.02. The summed E-state index contributed by atoms with van der Waals surface area (Å²) in [6.07, 6.45) is 0.909. The van der Waals surface area contributed by atoms with E-state index in [4.69, 9.17) is 9.47 Å². The van der Waals surface area contributed by atoms with E-state index in [0.29, 0.717) is 19.6 Å². The first-order chi connectivity index (χ1) is 9.85. The van der Waals surface area contributed by atoms with Crippen molar-refractivity contribution in [3.05, 3.63) is 29.3 Å². The normalized spacial score (nSPS) is 13.8. The van der Waals surface area contributed by atoms with Crippen molar-refractivity contribution in [1.29, 1.82) is 0 Å². The third-order valence-corrected chi connectivity index (χ3v) is 3.04. The van der Waals surface area contributed by atoms with Crippen LogP contribution >= 0.6 is 0 Å². The number of rotatable bonds is 4. The first kappa shape index (κ1) is 15.4. The number of carbonyl (C=O) groups is 2. The van der Waals surface area contributed by atoms with Crippen LogP contribution in [-0.4, -0.2) is 30.6 Å². The Morgan fingerprint density at radius 3 is 2.76 bits per heavy atom. The number of hydrogen-bond acceptors (Lipinski definition) is 4. The van der Waals surface area contributed by atoms with Gasteiger partial charge in [0.05, 0.1) is 6.54 Å². The van der Waals surface area contributed by atoms with Crippen LogP contribution in [-0.2, 0) is 11.2 Å². The zero-order valence-electron chi connectivity index (χ0n) is 12.7. The van der Waals surface area contributed by atoms with Gasteiger partial charge in [-0.25, -0.2) is 4.79 Å². The fourth-order valence-corrected chi connectivity index (χ4v) is 2.16. The minimum atomic E-state index is -0.503. The van der Waals surface area contributed by atoms with Crippen molar-refractivity contribution in [3.63, 3.8) is 0 Å². The Morgan fingerprint density at radius 2 is 2.05 bits per heavy atom. The largest absolute Gasteiger partial charge is 0.492 e. The van der Waals surface area contributed by atoms with Gasteiger partial charge in [0.25, 0.3) is 0 Å². The Balaban J connectivity index is 1.75. The summed E-state index contributed by atoms with van der Waals surface area (Å²) in [6, 6.07) is 5.49. The van der Waals surface area contributed by atoms with Gasteiger partial charge in [0.1, 0.15) is 18.0 Å². The van der Waals surface area contributed by atoms with Crippen molar-refractivity contribution in [1.82, 2.24) is 5.32 Å². The molecule has 0 aromatic heterocycles. The van der Waals surface area contributed by atoms with E-state index in [1.807, 2.05) is 26.8 Å². The van der Waals surface area contributed by atoms with Crippen molar-refractivity contribution < 1.29 is 19.1 Å². The van der Waals surface area contributed by atoms with Crippen LogP contribution in [0.3, 0.4) is 0 Å². The number of carbonyl (C=O) groups excluding carboxylic acids is 2. The Hall–Kier alpha value is -2.04. The number of alkyl carbamates (subject to hydrolysis) is 1. The summed E-state index contributed by atoms with van der Waals surface area (Å²) in [5.41, 5.74) is 1.34. The highest BCUT2D eigenvalue weighted by Crippen LogP contribution is 2.25. The molecule has 1 N–H and O–H groups in total. The van der Waals surface area contributed by atoms with Crippen LogP contribution in [0, 0.1) is 0 Å². The number of nitrogens with one attached hydrogen (secondary N) is 1. The summed E-state index contributed by atoms with van der Waals surface area (Å²) in [5, 5.41) is 2.63. The topological polar surface area (TPSA) is 64.6 Å². The smallest absolute Gasteiger partial charge is 0.407 e. The van der Waals surface area contributed by atoms with Crippen LogP contribution in [0.25, 0.3) is 0 Å². The Morgan fingerprint density at radius 1 is 1.29 bits per heavy atom. The molecule has 1 amide bonds. The van der Waals surface area contributed by atoms with Crippen LogP contribution in [0.5, 0.6) is 5.75 Å². The highest BCUT2D eigenvalue weighted by Gasteiger charge is 2.19. The molecule has 0 saturated carbocycles. The maximum absolute atomic E-state index is 11.5. The van der Waals surface area contributed by atoms with Gasteiger partial charge < -0.3 is 14.8 Å². The Labute approximate surface area is 124 Å². The molecule has 0 radical (unpaired) electrons. The Bertz CT molecular complexity index is 546. The van der Waals surface area contributed by atoms with E-state index in [1.54, 1.807) is 12.1 Å². The molecule has 1 aromatic carbocycles. The van der Waals surface area contributed by atoms with Crippen LogP contribution < -0.4 is 10.1 Å². The number of benzene rings is 1. The summed E-state index contributed by atoms with van der Waals surface area (Å²) in [5.74, 6) is 0.914. The van der Waals surface area contributed by atoms with Crippen LogP contribution in [0.2, 0.25) is 0 Å². The van der Waals surface area contributed by atoms with E-state index in [-0.39, 0.29) is 5.78 Å². The summed E-state index contributed by atoms with van der Waals surface area (Å²) in [6.45, 7) is 6.16. The summed E-state index contributed by atoms with van der Waals surface area (Å²) in [4.78, 5) is 23.0. The molecule has 0 bridgehead atoms. The molecule has 0 spiro atoms. The van der Waals surface area contributed by atoms with Crippen LogP contribution in [0.4, 0.5) is 4.79 Å². The number of aryl methyl sites for hydroxylation is 1.